The summed E-state index contributed by atoms with van der Waals surface area (Å²) in [5, 5.41) is 10.1. The lowest BCUT2D eigenvalue weighted by molar-refractivity contribution is -0.106. The zero-order chi connectivity index (χ0) is 33.8. The molecule has 1 fully saturated rings. The summed E-state index contributed by atoms with van der Waals surface area (Å²) < 4.78 is 40.8. The van der Waals surface area contributed by atoms with E-state index < -0.39 is 30.0 Å². The van der Waals surface area contributed by atoms with Crippen molar-refractivity contribution in [3.63, 3.8) is 0 Å². The molecule has 2 aromatic carbocycles. The molecule has 47 heavy (non-hydrogen) atoms. The van der Waals surface area contributed by atoms with E-state index in [2.05, 4.69) is 23.1 Å². The number of anilines is 1. The van der Waals surface area contributed by atoms with Gasteiger partial charge in [-0.25, -0.2) is 4.79 Å². The molecule has 0 aliphatic carbocycles. The van der Waals surface area contributed by atoms with Gasteiger partial charge in [0.25, 0.3) is 0 Å². The number of hydrogen-bond acceptors (Lipinski definition) is 10. The summed E-state index contributed by atoms with van der Waals surface area (Å²) >= 11 is 0. The second-order valence-electron chi connectivity index (χ2n) is 13.3. The Balaban J connectivity index is 1.59. The summed E-state index contributed by atoms with van der Waals surface area (Å²) in [5.74, 6) is 0.657. The van der Waals surface area contributed by atoms with Crippen molar-refractivity contribution in [2.24, 2.45) is 0 Å². The third-order valence-electron chi connectivity index (χ3n) is 8.09. The van der Waals surface area contributed by atoms with Crippen molar-refractivity contribution in [3.05, 3.63) is 59.2 Å². The number of likely N-dealkylation sites (tertiary alicyclic amines) is 1. The van der Waals surface area contributed by atoms with Crippen molar-refractivity contribution in [1.82, 2.24) is 4.90 Å². The lowest BCUT2D eigenvalue weighted by atomic mass is 9.84. The van der Waals surface area contributed by atoms with Crippen molar-refractivity contribution in [1.29, 1.82) is 0 Å². The van der Waals surface area contributed by atoms with Gasteiger partial charge in [-0.1, -0.05) is 30.3 Å². The topological polar surface area (TPSA) is 108 Å². The minimum absolute atomic E-state index is 0.130. The van der Waals surface area contributed by atoms with Crippen LogP contribution in [0, 0.1) is 0 Å². The molecule has 1 N–H and O–H groups in total. The van der Waals surface area contributed by atoms with E-state index in [1.807, 2.05) is 45.0 Å². The van der Waals surface area contributed by atoms with E-state index in [1.165, 1.54) is 0 Å². The fraction of sp³-hybridized carbons (Fsp3) is 0.639. The highest BCUT2D eigenvalue weighted by atomic mass is 16.6. The van der Waals surface area contributed by atoms with E-state index in [0.29, 0.717) is 52.7 Å². The van der Waals surface area contributed by atoms with Crippen LogP contribution < -0.4 is 9.64 Å². The van der Waals surface area contributed by atoms with Crippen molar-refractivity contribution in [2.75, 3.05) is 78.3 Å². The Labute approximate surface area is 280 Å². The molecule has 11 heteroatoms. The summed E-state index contributed by atoms with van der Waals surface area (Å²) in [4.78, 5) is 17.3. The van der Waals surface area contributed by atoms with Crippen molar-refractivity contribution >= 4 is 11.8 Å². The molecule has 0 bridgehead atoms. The molecule has 2 heterocycles. The molecule has 2 aromatic rings. The highest BCUT2D eigenvalue weighted by Gasteiger charge is 2.42. The normalized spacial score (nSPS) is 20.4. The number of aliphatic hydroxyl groups excluding tert-OH is 1. The van der Waals surface area contributed by atoms with Crippen LogP contribution in [0.3, 0.4) is 0 Å². The van der Waals surface area contributed by atoms with Gasteiger partial charge < -0.3 is 48.1 Å². The quantitative estimate of drug-likeness (QED) is 0.254. The highest BCUT2D eigenvalue weighted by Crippen LogP contribution is 2.36. The van der Waals surface area contributed by atoms with Gasteiger partial charge in [-0.15, -0.1) is 0 Å². The first-order chi connectivity index (χ1) is 22.6. The van der Waals surface area contributed by atoms with E-state index in [1.54, 1.807) is 26.0 Å². The molecule has 11 nitrogen and oxygen atoms in total. The van der Waals surface area contributed by atoms with Gasteiger partial charge in [0.05, 0.1) is 76.7 Å². The SMILES string of the molecule is COCCCN1CCOc2ccc(CO[C@H]3CN(C(=O)OC(C)(C)C)C[C@@H](OC[C@H](C)O)[C@@H]3c3ccc(COCCOC)cc3)cc21. The van der Waals surface area contributed by atoms with E-state index in [9.17, 15) is 9.90 Å². The van der Waals surface area contributed by atoms with Crippen LogP contribution >= 0.6 is 0 Å². The predicted molar refractivity (Wildman–Crippen MR) is 179 cm³/mol. The first-order valence-corrected chi connectivity index (χ1v) is 16.6. The molecule has 2 aliphatic rings. The Kier molecular flexibility index (Phi) is 14.1. The van der Waals surface area contributed by atoms with E-state index >= 15 is 0 Å². The number of benzene rings is 2. The van der Waals surface area contributed by atoms with Crippen LogP contribution in [-0.2, 0) is 41.6 Å². The number of rotatable bonds is 16. The Bertz CT molecular complexity index is 1230. The molecule has 0 spiro atoms. The van der Waals surface area contributed by atoms with Crippen LogP contribution in [0.2, 0.25) is 0 Å². The number of hydrogen-bond donors (Lipinski definition) is 1. The number of fused-ring (bicyclic) bond motifs is 1. The first kappa shape index (κ1) is 36.9. The van der Waals surface area contributed by atoms with Crippen LogP contribution in [0.1, 0.15) is 56.7 Å². The lowest BCUT2D eigenvalue weighted by Gasteiger charge is -2.44. The fourth-order valence-electron chi connectivity index (χ4n) is 5.87. The molecule has 1 saturated heterocycles. The average molecular weight is 659 g/mol. The van der Waals surface area contributed by atoms with Gasteiger partial charge in [0.1, 0.15) is 18.0 Å². The maximum atomic E-state index is 13.3. The lowest BCUT2D eigenvalue weighted by Crippen LogP contribution is -2.55. The van der Waals surface area contributed by atoms with Gasteiger partial charge in [0.15, 0.2) is 0 Å². The van der Waals surface area contributed by atoms with Gasteiger partial charge in [0, 0.05) is 33.3 Å². The zero-order valence-corrected chi connectivity index (χ0v) is 28.9. The number of carbonyl (C=O) groups is 1. The fourth-order valence-corrected chi connectivity index (χ4v) is 5.87. The van der Waals surface area contributed by atoms with Crippen molar-refractivity contribution in [3.8, 4) is 5.75 Å². The molecular weight excluding hydrogens is 604 g/mol. The predicted octanol–water partition coefficient (Wildman–Crippen LogP) is 4.77. The van der Waals surface area contributed by atoms with E-state index in [4.69, 9.17) is 33.2 Å². The van der Waals surface area contributed by atoms with Crippen LogP contribution in [-0.4, -0.2) is 113 Å². The number of aliphatic hydroxyl groups is 1. The molecule has 0 saturated carbocycles. The van der Waals surface area contributed by atoms with Gasteiger partial charge in [-0.3, -0.25) is 0 Å². The second-order valence-corrected chi connectivity index (χ2v) is 13.3. The summed E-state index contributed by atoms with van der Waals surface area (Å²) in [7, 11) is 3.37. The maximum Gasteiger partial charge on any atom is 0.410 e. The summed E-state index contributed by atoms with van der Waals surface area (Å²) in [6, 6.07) is 14.4. The monoisotopic (exact) mass is 658 g/mol. The van der Waals surface area contributed by atoms with E-state index in [-0.39, 0.29) is 12.5 Å². The zero-order valence-electron chi connectivity index (χ0n) is 28.9. The van der Waals surface area contributed by atoms with Gasteiger partial charge >= 0.3 is 6.09 Å². The van der Waals surface area contributed by atoms with Crippen LogP contribution in [0.15, 0.2) is 42.5 Å². The number of ether oxygens (including phenoxy) is 7. The molecule has 0 aromatic heterocycles. The van der Waals surface area contributed by atoms with Crippen molar-refractivity contribution < 1.29 is 43.1 Å². The number of piperidine rings is 1. The Morgan fingerprint density at radius 2 is 1.66 bits per heavy atom. The summed E-state index contributed by atoms with van der Waals surface area (Å²) in [6.07, 6.45) is -1.01. The van der Waals surface area contributed by atoms with Crippen LogP contribution in [0.25, 0.3) is 0 Å². The van der Waals surface area contributed by atoms with Gasteiger partial charge in [0.2, 0.25) is 0 Å². The minimum atomic E-state index is -0.664. The Morgan fingerprint density at radius 3 is 2.34 bits per heavy atom. The third-order valence-corrected chi connectivity index (χ3v) is 8.09. The van der Waals surface area contributed by atoms with Gasteiger partial charge in [-0.05, 0) is 62.9 Å². The minimum Gasteiger partial charge on any atom is -0.490 e. The van der Waals surface area contributed by atoms with E-state index in [0.717, 1.165) is 47.6 Å². The largest absolute Gasteiger partial charge is 0.490 e. The molecule has 2 aliphatic heterocycles. The van der Waals surface area contributed by atoms with Crippen LogP contribution in [0.5, 0.6) is 5.75 Å². The molecule has 4 rings (SSSR count). The molecular formula is C36H54N2O9. The van der Waals surface area contributed by atoms with Crippen molar-refractivity contribution in [2.45, 2.75) is 77.2 Å². The molecule has 1 amide bonds. The van der Waals surface area contributed by atoms with Gasteiger partial charge in [-0.2, -0.15) is 0 Å². The molecule has 0 unspecified atom stereocenters. The standard InChI is InChI=1S/C36H54N2O9/c1-26(39)23-45-32-21-38(35(40)47-36(2,3)4)22-33(34(32)29-11-8-27(9-12-29)24-43-19-18-42-6)46-25-28-10-13-31-30(20-28)37(15-17-44-31)14-7-16-41-5/h8-13,20,26,32-34,39H,7,14-19,21-25H2,1-6H3/t26-,32+,33-,34-/m0/s1. The Hall–Kier alpha value is -2.93. The highest BCUT2D eigenvalue weighted by molar-refractivity contribution is 5.68. The summed E-state index contributed by atoms with van der Waals surface area (Å²) in [5.41, 5.74) is 3.47. The molecule has 0 radical (unpaired) electrons. The average Bonchev–Trinajstić information content (AvgIpc) is 3.04. The maximum absolute atomic E-state index is 13.3. The number of nitrogens with zero attached hydrogens (tertiary/aromatic N) is 2. The molecule has 262 valence electrons. The first-order valence-electron chi connectivity index (χ1n) is 16.6. The number of amides is 1. The number of carbonyl (C=O) groups excluding carboxylic acids is 1. The Morgan fingerprint density at radius 1 is 0.957 bits per heavy atom. The second kappa shape index (κ2) is 18.0. The smallest absolute Gasteiger partial charge is 0.410 e. The van der Waals surface area contributed by atoms with Crippen LogP contribution in [0.4, 0.5) is 10.5 Å². The molecule has 4 atom stereocenters. The summed E-state index contributed by atoms with van der Waals surface area (Å²) in [6.45, 7) is 12.9. The number of methoxy groups -OCH3 is 2. The third kappa shape index (κ3) is 11.3.